The maximum absolute atomic E-state index is 11.3. The molecule has 0 aliphatic heterocycles. The number of phenolic OH excluding ortho intramolecular Hbond substituents is 1. The maximum Gasteiger partial charge on any atom is 0.335 e. The van der Waals surface area contributed by atoms with Crippen molar-refractivity contribution in [2.24, 2.45) is 0 Å². The Morgan fingerprint density at radius 1 is 0.893 bits per heavy atom. The number of carbonyl (C=O) groups is 1. The fourth-order valence-corrected chi connectivity index (χ4v) is 3.46. The Labute approximate surface area is 168 Å². The zero-order valence-electron chi connectivity index (χ0n) is 18.1. The predicted octanol–water partition coefficient (Wildman–Crippen LogP) is 7.20. The number of carboxylic acids is 1. The monoisotopic (exact) mass is 380 g/mol. The number of benzene rings is 3. The van der Waals surface area contributed by atoms with Crippen molar-refractivity contribution in [1.29, 1.82) is 0 Å². The minimum Gasteiger partial charge on any atom is -0.507 e. The van der Waals surface area contributed by atoms with Gasteiger partial charge in [-0.1, -0.05) is 65.8 Å². The van der Waals surface area contributed by atoms with Gasteiger partial charge in [0, 0.05) is 5.39 Å². The molecule has 4 rings (SSSR count). The molecule has 0 saturated carbocycles. The van der Waals surface area contributed by atoms with E-state index in [1.54, 1.807) is 18.2 Å². The van der Waals surface area contributed by atoms with Gasteiger partial charge in [0.1, 0.15) is 5.75 Å². The molecule has 3 aromatic carbocycles. The third kappa shape index (κ3) is 4.19. The van der Waals surface area contributed by atoms with E-state index in [4.69, 9.17) is 0 Å². The van der Waals surface area contributed by atoms with E-state index in [0.29, 0.717) is 5.56 Å². The van der Waals surface area contributed by atoms with Crippen LogP contribution in [0.2, 0.25) is 0 Å². The highest BCUT2D eigenvalue weighted by Crippen LogP contribution is 2.45. The lowest BCUT2D eigenvalue weighted by Gasteiger charge is -2.10. The van der Waals surface area contributed by atoms with Gasteiger partial charge in [-0.25, -0.2) is 4.79 Å². The Kier molecular flexibility index (Phi) is 8.72. The number of phenols is 1. The number of hydrogen-bond donors (Lipinski definition) is 2. The van der Waals surface area contributed by atoms with Crippen LogP contribution in [0.15, 0.2) is 42.5 Å². The maximum atomic E-state index is 11.3. The molecule has 1 aliphatic carbocycles. The first kappa shape index (κ1) is 23.2. The summed E-state index contributed by atoms with van der Waals surface area (Å²) in [5, 5.41) is 21.3. The summed E-state index contributed by atoms with van der Waals surface area (Å²) in [6.07, 6.45) is 0.731. The summed E-state index contributed by atoms with van der Waals surface area (Å²) in [4.78, 5) is 11.3. The third-order valence-electron chi connectivity index (χ3n) is 4.46. The van der Waals surface area contributed by atoms with Crippen LogP contribution in [-0.4, -0.2) is 16.2 Å². The normalized spacial score (nSPS) is 10.2. The highest BCUT2D eigenvalue weighted by atomic mass is 16.4. The summed E-state index contributed by atoms with van der Waals surface area (Å²) in [5.41, 5.74) is 5.52. The number of aromatic hydroxyl groups is 1. The molecule has 0 fully saturated rings. The van der Waals surface area contributed by atoms with Crippen molar-refractivity contribution in [3.8, 4) is 16.9 Å². The van der Waals surface area contributed by atoms with E-state index < -0.39 is 5.97 Å². The summed E-state index contributed by atoms with van der Waals surface area (Å²) in [5.74, 6) is -0.638. The quantitative estimate of drug-likeness (QED) is 0.367. The molecule has 0 unspecified atom stereocenters. The Bertz CT molecular complexity index is 956. The molecule has 2 N–H and O–H groups in total. The highest BCUT2D eigenvalue weighted by Gasteiger charge is 2.25. The number of aryl methyl sites for hydroxylation is 1. The zero-order chi connectivity index (χ0) is 21.4. The summed E-state index contributed by atoms with van der Waals surface area (Å²) in [6, 6.07) is 13.0. The van der Waals surface area contributed by atoms with Crippen molar-refractivity contribution in [2.75, 3.05) is 0 Å². The summed E-state index contributed by atoms with van der Waals surface area (Å²) < 4.78 is 0. The van der Waals surface area contributed by atoms with Crippen LogP contribution < -0.4 is 0 Å². The van der Waals surface area contributed by atoms with Gasteiger partial charge in [0.2, 0.25) is 0 Å². The average molecular weight is 381 g/mol. The third-order valence-corrected chi connectivity index (χ3v) is 4.46. The smallest absolute Gasteiger partial charge is 0.335 e. The molecule has 150 valence electrons. The van der Waals surface area contributed by atoms with Gasteiger partial charge in [-0.2, -0.15) is 0 Å². The molecule has 0 atom stereocenters. The number of aromatic carboxylic acids is 1. The summed E-state index contributed by atoms with van der Waals surface area (Å²) >= 11 is 0. The lowest BCUT2D eigenvalue weighted by molar-refractivity contribution is 0.0697. The van der Waals surface area contributed by atoms with E-state index in [1.165, 1.54) is 0 Å². The molecule has 3 heteroatoms. The first-order valence-electron chi connectivity index (χ1n) is 10.2. The van der Waals surface area contributed by atoms with Crippen molar-refractivity contribution >= 4 is 16.7 Å². The van der Waals surface area contributed by atoms with E-state index in [1.807, 2.05) is 72.7 Å². The Balaban J connectivity index is 0.000000599. The standard InChI is InChI=1S/C19H14O3.3C2H6/c1-10-6-12(19(21)22)8-16-15(10)7-11-9-17(20)13-4-2-3-5-14(13)18(11)16;3*1-2/h2-6,8-9,20H,7H2,1H3,(H,21,22);3*1-2H3. The highest BCUT2D eigenvalue weighted by molar-refractivity contribution is 6.05. The van der Waals surface area contributed by atoms with Gasteiger partial charge >= 0.3 is 5.97 Å². The molecule has 0 spiro atoms. The molecule has 28 heavy (non-hydrogen) atoms. The Morgan fingerprint density at radius 3 is 2.04 bits per heavy atom. The van der Waals surface area contributed by atoms with Crippen LogP contribution >= 0.6 is 0 Å². The topological polar surface area (TPSA) is 57.5 Å². The molecule has 3 aromatic rings. The summed E-state index contributed by atoms with van der Waals surface area (Å²) in [7, 11) is 0. The van der Waals surface area contributed by atoms with E-state index in [0.717, 1.165) is 45.0 Å². The minimum absolute atomic E-state index is 0.276. The molecule has 3 nitrogen and oxygen atoms in total. The van der Waals surface area contributed by atoms with Crippen molar-refractivity contribution in [1.82, 2.24) is 0 Å². The van der Waals surface area contributed by atoms with Gasteiger partial charge in [0.25, 0.3) is 0 Å². The average Bonchev–Trinajstić information content (AvgIpc) is 3.11. The van der Waals surface area contributed by atoms with Gasteiger partial charge in [-0.3, -0.25) is 0 Å². The van der Waals surface area contributed by atoms with Crippen molar-refractivity contribution < 1.29 is 15.0 Å². The van der Waals surface area contributed by atoms with Crippen LogP contribution in [0.5, 0.6) is 5.75 Å². The van der Waals surface area contributed by atoms with E-state index >= 15 is 0 Å². The van der Waals surface area contributed by atoms with Crippen molar-refractivity contribution in [3.63, 3.8) is 0 Å². The number of fused-ring (bicyclic) bond motifs is 5. The van der Waals surface area contributed by atoms with Crippen LogP contribution in [0.1, 0.15) is 68.6 Å². The molecular formula is C25H32O3. The van der Waals surface area contributed by atoms with Gasteiger partial charge in [-0.15, -0.1) is 0 Å². The Morgan fingerprint density at radius 2 is 1.46 bits per heavy atom. The SMILES string of the molecule is CC.CC.CC.Cc1cc(C(=O)O)cc2c1Cc1cc(O)c3ccccc3c1-2. The fourth-order valence-electron chi connectivity index (χ4n) is 3.46. The number of rotatable bonds is 1. The number of hydrogen-bond acceptors (Lipinski definition) is 2. The Hall–Kier alpha value is -2.81. The molecule has 0 bridgehead atoms. The first-order valence-corrected chi connectivity index (χ1v) is 10.2. The second-order valence-electron chi connectivity index (χ2n) is 5.78. The zero-order valence-corrected chi connectivity index (χ0v) is 18.1. The predicted molar refractivity (Wildman–Crippen MR) is 120 cm³/mol. The molecule has 0 amide bonds. The van der Waals surface area contributed by atoms with Crippen LogP contribution in [0, 0.1) is 6.92 Å². The second-order valence-corrected chi connectivity index (χ2v) is 5.78. The molecule has 0 saturated heterocycles. The largest absolute Gasteiger partial charge is 0.507 e. The van der Waals surface area contributed by atoms with Crippen LogP contribution in [-0.2, 0) is 6.42 Å². The van der Waals surface area contributed by atoms with E-state index in [2.05, 4.69) is 0 Å². The van der Waals surface area contributed by atoms with Crippen LogP contribution in [0.25, 0.3) is 21.9 Å². The van der Waals surface area contributed by atoms with E-state index in [-0.39, 0.29) is 5.75 Å². The number of carboxylic acid groups (broad SMARTS) is 1. The molecular weight excluding hydrogens is 348 g/mol. The van der Waals surface area contributed by atoms with Crippen molar-refractivity contribution in [2.45, 2.75) is 54.9 Å². The minimum atomic E-state index is -0.914. The van der Waals surface area contributed by atoms with Crippen LogP contribution in [0.3, 0.4) is 0 Å². The van der Waals surface area contributed by atoms with Crippen LogP contribution in [0.4, 0.5) is 0 Å². The van der Waals surface area contributed by atoms with Gasteiger partial charge in [0.15, 0.2) is 0 Å². The van der Waals surface area contributed by atoms with E-state index in [9.17, 15) is 15.0 Å². The second kappa shape index (κ2) is 10.5. The summed E-state index contributed by atoms with van der Waals surface area (Å²) in [6.45, 7) is 13.9. The molecule has 0 aromatic heterocycles. The lowest BCUT2D eigenvalue weighted by atomic mass is 9.95. The van der Waals surface area contributed by atoms with Gasteiger partial charge in [0.05, 0.1) is 5.56 Å². The fraction of sp³-hybridized carbons (Fsp3) is 0.320. The van der Waals surface area contributed by atoms with Gasteiger partial charge in [-0.05, 0) is 64.7 Å². The molecule has 0 radical (unpaired) electrons. The lowest BCUT2D eigenvalue weighted by Crippen LogP contribution is -1.99. The molecule has 0 heterocycles. The van der Waals surface area contributed by atoms with Crippen molar-refractivity contribution in [3.05, 3.63) is 64.7 Å². The first-order chi connectivity index (χ1) is 13.6. The molecule has 1 aliphatic rings. The van der Waals surface area contributed by atoms with Gasteiger partial charge < -0.3 is 10.2 Å².